The van der Waals surface area contributed by atoms with Crippen LogP contribution in [0.3, 0.4) is 0 Å². The normalized spacial score (nSPS) is 18.1. The maximum atomic E-state index is 12.6. The lowest BCUT2D eigenvalue weighted by Crippen LogP contribution is -2.37. The van der Waals surface area contributed by atoms with Crippen LogP contribution < -0.4 is 0 Å². The summed E-state index contributed by atoms with van der Waals surface area (Å²) >= 11 is 0. The number of carbonyl (C=O) groups excluding carboxylic acids is 1. The molecule has 0 aromatic carbocycles. The average molecular weight is 286 g/mol. The third-order valence-corrected chi connectivity index (χ3v) is 3.57. The number of rotatable bonds is 3. The van der Waals surface area contributed by atoms with Crippen LogP contribution in [0.1, 0.15) is 23.1 Å². The van der Waals surface area contributed by atoms with Gasteiger partial charge in [0.1, 0.15) is 5.69 Å². The molecule has 6 nitrogen and oxygen atoms in total. The van der Waals surface area contributed by atoms with Gasteiger partial charge in [0.05, 0.1) is 25.4 Å². The van der Waals surface area contributed by atoms with Gasteiger partial charge in [-0.3, -0.25) is 9.78 Å². The molecular weight excluding hydrogens is 268 g/mol. The Labute approximate surface area is 123 Å². The van der Waals surface area contributed by atoms with Crippen LogP contribution in [0.5, 0.6) is 0 Å². The second kappa shape index (κ2) is 6.05. The lowest BCUT2D eigenvalue weighted by Gasteiger charge is -2.23. The highest BCUT2D eigenvalue weighted by Gasteiger charge is 2.26. The van der Waals surface area contributed by atoms with E-state index in [-0.39, 0.29) is 12.0 Å². The molecule has 0 aliphatic carbocycles. The van der Waals surface area contributed by atoms with E-state index in [1.165, 1.54) is 12.4 Å². The topological polar surface area (TPSA) is 60.2 Å². The van der Waals surface area contributed by atoms with Gasteiger partial charge in [-0.25, -0.2) is 4.98 Å². The first-order valence-corrected chi connectivity index (χ1v) is 7.09. The van der Waals surface area contributed by atoms with Crippen molar-refractivity contribution >= 4 is 5.91 Å². The van der Waals surface area contributed by atoms with Gasteiger partial charge in [0.15, 0.2) is 0 Å². The standard InChI is InChI=1S/C15H18N4O2/c1-2-21-13-10-18-7-3-4-12(18)9-19(11-13)15(20)14-8-16-5-6-17-14/h3-8,13H,2,9-11H2,1H3/t13-/m0/s1. The minimum Gasteiger partial charge on any atom is -0.375 e. The first-order chi connectivity index (χ1) is 10.3. The lowest BCUT2D eigenvalue weighted by atomic mass is 10.3. The van der Waals surface area contributed by atoms with Crippen LogP contribution in [0.25, 0.3) is 0 Å². The zero-order valence-electron chi connectivity index (χ0n) is 12.0. The van der Waals surface area contributed by atoms with Crippen molar-refractivity contribution < 1.29 is 9.53 Å². The van der Waals surface area contributed by atoms with E-state index in [1.54, 1.807) is 11.1 Å². The summed E-state index contributed by atoms with van der Waals surface area (Å²) in [6.45, 7) is 4.49. The zero-order valence-corrected chi connectivity index (χ0v) is 12.0. The Kier molecular flexibility index (Phi) is 3.96. The highest BCUT2D eigenvalue weighted by molar-refractivity contribution is 5.91. The van der Waals surface area contributed by atoms with Crippen molar-refractivity contribution in [1.29, 1.82) is 0 Å². The van der Waals surface area contributed by atoms with Gasteiger partial charge in [-0.2, -0.15) is 0 Å². The molecule has 0 bridgehead atoms. The van der Waals surface area contributed by atoms with E-state index in [0.717, 1.165) is 12.2 Å². The molecule has 1 atom stereocenters. The molecule has 3 rings (SSSR count). The number of aromatic nitrogens is 3. The van der Waals surface area contributed by atoms with E-state index < -0.39 is 0 Å². The van der Waals surface area contributed by atoms with Gasteiger partial charge in [0, 0.05) is 37.4 Å². The molecule has 2 aromatic heterocycles. The summed E-state index contributed by atoms with van der Waals surface area (Å²) in [7, 11) is 0. The SMILES string of the molecule is CCO[C@@H]1CN(C(=O)c2cnccn2)Cc2cccn2C1. The molecule has 0 spiro atoms. The van der Waals surface area contributed by atoms with Crippen molar-refractivity contribution in [3.05, 3.63) is 48.3 Å². The van der Waals surface area contributed by atoms with Gasteiger partial charge in [0.25, 0.3) is 5.91 Å². The monoisotopic (exact) mass is 286 g/mol. The van der Waals surface area contributed by atoms with Gasteiger partial charge in [-0.05, 0) is 19.1 Å². The highest BCUT2D eigenvalue weighted by Crippen LogP contribution is 2.17. The summed E-state index contributed by atoms with van der Waals surface area (Å²) in [5.41, 5.74) is 1.47. The molecule has 2 aromatic rings. The van der Waals surface area contributed by atoms with Crippen molar-refractivity contribution in [3.8, 4) is 0 Å². The van der Waals surface area contributed by atoms with Crippen molar-refractivity contribution in [2.45, 2.75) is 26.1 Å². The molecule has 110 valence electrons. The highest BCUT2D eigenvalue weighted by atomic mass is 16.5. The predicted molar refractivity (Wildman–Crippen MR) is 76.6 cm³/mol. The minimum absolute atomic E-state index is 0.00993. The number of ether oxygens (including phenoxy) is 1. The average Bonchev–Trinajstić information content (AvgIpc) is 2.86. The van der Waals surface area contributed by atoms with Gasteiger partial charge >= 0.3 is 0 Å². The Hall–Kier alpha value is -2.21. The Balaban J connectivity index is 1.86. The van der Waals surface area contributed by atoms with Crippen LogP contribution in [0.4, 0.5) is 0 Å². The Morgan fingerprint density at radius 1 is 1.43 bits per heavy atom. The van der Waals surface area contributed by atoms with Gasteiger partial charge < -0.3 is 14.2 Å². The lowest BCUT2D eigenvalue weighted by molar-refractivity contribution is 0.0256. The van der Waals surface area contributed by atoms with Crippen molar-refractivity contribution in [1.82, 2.24) is 19.4 Å². The number of amides is 1. The Morgan fingerprint density at radius 3 is 3.10 bits per heavy atom. The fraction of sp³-hybridized carbons (Fsp3) is 0.400. The van der Waals surface area contributed by atoms with Crippen LogP contribution in [0, 0.1) is 0 Å². The summed E-state index contributed by atoms with van der Waals surface area (Å²) in [4.78, 5) is 22.4. The van der Waals surface area contributed by atoms with Crippen LogP contribution in [0.2, 0.25) is 0 Å². The van der Waals surface area contributed by atoms with Crippen molar-refractivity contribution in [2.75, 3.05) is 13.2 Å². The van der Waals surface area contributed by atoms with E-state index in [9.17, 15) is 4.79 Å². The molecular formula is C15H18N4O2. The van der Waals surface area contributed by atoms with E-state index in [0.29, 0.717) is 25.4 Å². The third-order valence-electron chi connectivity index (χ3n) is 3.57. The molecule has 0 saturated heterocycles. The van der Waals surface area contributed by atoms with Crippen LogP contribution >= 0.6 is 0 Å². The molecule has 6 heteroatoms. The van der Waals surface area contributed by atoms with Gasteiger partial charge in [0.2, 0.25) is 0 Å². The Morgan fingerprint density at radius 2 is 2.33 bits per heavy atom. The summed E-state index contributed by atoms with van der Waals surface area (Å²) in [5, 5.41) is 0. The molecule has 3 heterocycles. The molecule has 1 aliphatic rings. The predicted octanol–water partition coefficient (Wildman–Crippen LogP) is 1.34. The summed E-state index contributed by atoms with van der Waals surface area (Å²) in [5.74, 6) is -0.109. The smallest absolute Gasteiger partial charge is 0.274 e. The number of fused-ring (bicyclic) bond motifs is 1. The molecule has 0 radical (unpaired) electrons. The van der Waals surface area contributed by atoms with Crippen LogP contribution in [-0.2, 0) is 17.8 Å². The molecule has 0 N–H and O–H groups in total. The summed E-state index contributed by atoms with van der Waals surface area (Å²) in [6.07, 6.45) is 6.62. The first-order valence-electron chi connectivity index (χ1n) is 7.09. The summed E-state index contributed by atoms with van der Waals surface area (Å²) < 4.78 is 7.90. The number of carbonyl (C=O) groups is 1. The van der Waals surface area contributed by atoms with E-state index in [2.05, 4.69) is 14.5 Å². The fourth-order valence-corrected chi connectivity index (χ4v) is 2.62. The van der Waals surface area contributed by atoms with E-state index >= 15 is 0 Å². The third kappa shape index (κ3) is 2.95. The first kappa shape index (κ1) is 13.8. The molecule has 1 aliphatic heterocycles. The number of hydrogen-bond acceptors (Lipinski definition) is 4. The quantitative estimate of drug-likeness (QED) is 0.854. The maximum absolute atomic E-state index is 12.6. The van der Waals surface area contributed by atoms with E-state index in [4.69, 9.17) is 4.74 Å². The van der Waals surface area contributed by atoms with Crippen LogP contribution in [0.15, 0.2) is 36.9 Å². The second-order valence-corrected chi connectivity index (χ2v) is 5.01. The number of hydrogen-bond donors (Lipinski definition) is 0. The largest absolute Gasteiger partial charge is 0.375 e. The molecule has 0 saturated carbocycles. The van der Waals surface area contributed by atoms with Gasteiger partial charge in [-0.15, -0.1) is 0 Å². The second-order valence-electron chi connectivity index (χ2n) is 5.01. The van der Waals surface area contributed by atoms with Crippen LogP contribution in [-0.4, -0.2) is 44.6 Å². The summed E-state index contributed by atoms with van der Waals surface area (Å²) in [6, 6.07) is 4.03. The minimum atomic E-state index is -0.109. The molecule has 0 unspecified atom stereocenters. The van der Waals surface area contributed by atoms with E-state index in [1.807, 2.05) is 25.3 Å². The van der Waals surface area contributed by atoms with Gasteiger partial charge in [-0.1, -0.05) is 0 Å². The van der Waals surface area contributed by atoms with Crippen molar-refractivity contribution in [3.63, 3.8) is 0 Å². The maximum Gasteiger partial charge on any atom is 0.274 e. The fourth-order valence-electron chi connectivity index (χ4n) is 2.62. The Bertz CT molecular complexity index is 611. The van der Waals surface area contributed by atoms with Crippen molar-refractivity contribution in [2.24, 2.45) is 0 Å². The molecule has 0 fully saturated rings. The number of nitrogens with zero attached hydrogens (tertiary/aromatic N) is 4. The molecule has 21 heavy (non-hydrogen) atoms. The molecule has 1 amide bonds. The zero-order chi connectivity index (χ0) is 14.7.